The van der Waals surface area contributed by atoms with Crippen molar-refractivity contribution >= 4 is 23.4 Å². The van der Waals surface area contributed by atoms with E-state index in [4.69, 9.17) is 0 Å². The standard InChI is InChI=1S/C17H20N4OS/c1-11-5-7-15(8-6-11)14(4)20-21-16(22)10-23-17-18-12(2)9-13(3)19-17/h5-9,20H,4,10H2,1-3H3,(H,21,22). The molecule has 0 aliphatic heterocycles. The molecule has 0 spiro atoms. The first-order chi connectivity index (χ1) is 10.9. The molecule has 0 aliphatic carbocycles. The summed E-state index contributed by atoms with van der Waals surface area (Å²) in [5.41, 5.74) is 10.0. The van der Waals surface area contributed by atoms with E-state index in [1.54, 1.807) is 0 Å². The molecular formula is C17H20N4OS. The highest BCUT2D eigenvalue weighted by Crippen LogP contribution is 2.14. The van der Waals surface area contributed by atoms with E-state index in [2.05, 4.69) is 27.4 Å². The van der Waals surface area contributed by atoms with E-state index >= 15 is 0 Å². The Hall–Kier alpha value is -2.34. The summed E-state index contributed by atoms with van der Waals surface area (Å²) in [6, 6.07) is 9.80. The molecule has 1 aromatic heterocycles. The Bertz CT molecular complexity index is 693. The zero-order valence-corrected chi connectivity index (χ0v) is 14.3. The van der Waals surface area contributed by atoms with Crippen molar-refractivity contribution in [3.05, 3.63) is 59.4 Å². The van der Waals surface area contributed by atoms with Gasteiger partial charge in [0.25, 0.3) is 0 Å². The van der Waals surface area contributed by atoms with Crippen molar-refractivity contribution in [2.45, 2.75) is 25.9 Å². The second-order valence-corrected chi connectivity index (χ2v) is 6.18. The average Bonchev–Trinajstić information content (AvgIpc) is 2.50. The Morgan fingerprint density at radius 3 is 2.30 bits per heavy atom. The number of aryl methyl sites for hydroxylation is 3. The van der Waals surface area contributed by atoms with E-state index in [9.17, 15) is 4.79 Å². The van der Waals surface area contributed by atoms with E-state index in [1.165, 1.54) is 17.3 Å². The minimum Gasteiger partial charge on any atom is -0.299 e. The lowest BCUT2D eigenvalue weighted by atomic mass is 10.1. The van der Waals surface area contributed by atoms with Crippen LogP contribution in [0.2, 0.25) is 0 Å². The molecule has 120 valence electrons. The van der Waals surface area contributed by atoms with Crippen LogP contribution in [0.4, 0.5) is 0 Å². The van der Waals surface area contributed by atoms with Gasteiger partial charge >= 0.3 is 0 Å². The van der Waals surface area contributed by atoms with Crippen molar-refractivity contribution in [1.82, 2.24) is 20.8 Å². The molecule has 23 heavy (non-hydrogen) atoms. The Kier molecular flexibility index (Phi) is 5.76. The summed E-state index contributed by atoms with van der Waals surface area (Å²) in [4.78, 5) is 20.5. The molecule has 0 bridgehead atoms. The summed E-state index contributed by atoms with van der Waals surface area (Å²) in [6.45, 7) is 9.75. The second kappa shape index (κ2) is 7.78. The summed E-state index contributed by atoms with van der Waals surface area (Å²) < 4.78 is 0. The Balaban J connectivity index is 1.80. The van der Waals surface area contributed by atoms with Gasteiger partial charge in [-0.2, -0.15) is 0 Å². The van der Waals surface area contributed by atoms with E-state index in [0.29, 0.717) is 10.9 Å². The Labute approximate surface area is 140 Å². The van der Waals surface area contributed by atoms with E-state index in [-0.39, 0.29) is 11.7 Å². The zero-order chi connectivity index (χ0) is 16.8. The summed E-state index contributed by atoms with van der Waals surface area (Å²) in [7, 11) is 0. The van der Waals surface area contributed by atoms with Gasteiger partial charge in [-0.3, -0.25) is 15.6 Å². The Morgan fingerprint density at radius 1 is 1.09 bits per heavy atom. The molecule has 0 unspecified atom stereocenters. The third-order valence-electron chi connectivity index (χ3n) is 3.05. The predicted octanol–water partition coefficient (Wildman–Crippen LogP) is 2.79. The first-order valence-corrected chi connectivity index (χ1v) is 8.18. The monoisotopic (exact) mass is 328 g/mol. The summed E-state index contributed by atoms with van der Waals surface area (Å²) in [6.07, 6.45) is 0. The molecule has 0 aliphatic rings. The normalized spacial score (nSPS) is 10.2. The number of thioether (sulfide) groups is 1. The molecular weight excluding hydrogens is 308 g/mol. The number of amides is 1. The molecule has 0 saturated carbocycles. The van der Waals surface area contributed by atoms with Gasteiger partial charge in [0.2, 0.25) is 5.91 Å². The number of hydrazine groups is 1. The summed E-state index contributed by atoms with van der Waals surface area (Å²) in [5.74, 6) is 0.0721. The first kappa shape index (κ1) is 17.0. The van der Waals surface area contributed by atoms with Crippen LogP contribution in [0, 0.1) is 20.8 Å². The van der Waals surface area contributed by atoms with Gasteiger partial charge < -0.3 is 0 Å². The van der Waals surface area contributed by atoms with E-state index < -0.39 is 0 Å². The van der Waals surface area contributed by atoms with Crippen LogP contribution in [0.5, 0.6) is 0 Å². The number of hydrogen-bond acceptors (Lipinski definition) is 5. The maximum absolute atomic E-state index is 11.9. The zero-order valence-electron chi connectivity index (χ0n) is 13.5. The number of hydrogen-bond donors (Lipinski definition) is 2. The number of nitrogens with zero attached hydrogens (tertiary/aromatic N) is 2. The molecule has 2 N–H and O–H groups in total. The number of carbonyl (C=O) groups is 1. The fourth-order valence-electron chi connectivity index (χ4n) is 1.90. The molecule has 1 amide bonds. The lowest BCUT2D eigenvalue weighted by Crippen LogP contribution is -2.37. The molecule has 0 radical (unpaired) electrons. The molecule has 0 saturated heterocycles. The number of aromatic nitrogens is 2. The smallest absolute Gasteiger partial charge is 0.248 e. The van der Waals surface area contributed by atoms with Gasteiger partial charge in [-0.25, -0.2) is 9.97 Å². The van der Waals surface area contributed by atoms with Gasteiger partial charge in [0.1, 0.15) is 0 Å². The van der Waals surface area contributed by atoms with Crippen molar-refractivity contribution in [3.8, 4) is 0 Å². The van der Waals surface area contributed by atoms with Gasteiger partial charge in [-0.1, -0.05) is 48.2 Å². The SMILES string of the molecule is C=C(NNC(=O)CSc1nc(C)cc(C)n1)c1ccc(C)cc1. The van der Waals surface area contributed by atoms with Crippen molar-refractivity contribution in [1.29, 1.82) is 0 Å². The minimum absolute atomic E-state index is 0.161. The van der Waals surface area contributed by atoms with Gasteiger partial charge in [0.05, 0.1) is 11.4 Å². The van der Waals surface area contributed by atoms with Crippen molar-refractivity contribution in [3.63, 3.8) is 0 Å². The number of carbonyl (C=O) groups excluding carboxylic acids is 1. The lowest BCUT2D eigenvalue weighted by Gasteiger charge is -2.11. The van der Waals surface area contributed by atoms with Gasteiger partial charge in [0, 0.05) is 11.4 Å². The topological polar surface area (TPSA) is 66.9 Å². The van der Waals surface area contributed by atoms with Gasteiger partial charge in [0.15, 0.2) is 5.16 Å². The lowest BCUT2D eigenvalue weighted by molar-refractivity contribution is -0.119. The maximum atomic E-state index is 11.9. The molecule has 0 atom stereocenters. The molecule has 6 heteroatoms. The fraction of sp³-hybridized carbons (Fsp3) is 0.235. The highest BCUT2D eigenvalue weighted by molar-refractivity contribution is 7.99. The third-order valence-corrected chi connectivity index (χ3v) is 3.89. The van der Waals surface area contributed by atoms with Crippen LogP contribution in [0.1, 0.15) is 22.5 Å². The van der Waals surface area contributed by atoms with Crippen LogP contribution in [0.25, 0.3) is 5.70 Å². The molecule has 0 fully saturated rings. The predicted molar refractivity (Wildman–Crippen MR) is 93.7 cm³/mol. The number of rotatable bonds is 6. The van der Waals surface area contributed by atoms with Crippen LogP contribution in [0.3, 0.4) is 0 Å². The van der Waals surface area contributed by atoms with Crippen LogP contribution < -0.4 is 10.9 Å². The molecule has 1 aromatic carbocycles. The van der Waals surface area contributed by atoms with Crippen molar-refractivity contribution in [2.24, 2.45) is 0 Å². The quantitative estimate of drug-likeness (QED) is 0.485. The molecule has 1 heterocycles. The van der Waals surface area contributed by atoms with Gasteiger partial charge in [-0.15, -0.1) is 0 Å². The van der Waals surface area contributed by atoms with Crippen molar-refractivity contribution in [2.75, 3.05) is 5.75 Å². The molecule has 2 aromatic rings. The minimum atomic E-state index is -0.161. The van der Waals surface area contributed by atoms with Crippen LogP contribution >= 0.6 is 11.8 Å². The molecule has 5 nitrogen and oxygen atoms in total. The van der Waals surface area contributed by atoms with E-state index in [1.807, 2.05) is 51.1 Å². The number of nitrogens with one attached hydrogen (secondary N) is 2. The molecule has 2 rings (SSSR count). The highest BCUT2D eigenvalue weighted by Gasteiger charge is 2.06. The largest absolute Gasteiger partial charge is 0.299 e. The summed E-state index contributed by atoms with van der Waals surface area (Å²) >= 11 is 1.30. The fourth-order valence-corrected chi connectivity index (χ4v) is 2.65. The van der Waals surface area contributed by atoms with Crippen molar-refractivity contribution < 1.29 is 4.79 Å². The third kappa shape index (κ3) is 5.41. The summed E-state index contributed by atoms with van der Waals surface area (Å²) in [5, 5.41) is 0.606. The second-order valence-electron chi connectivity index (χ2n) is 5.24. The van der Waals surface area contributed by atoms with E-state index in [0.717, 1.165) is 17.0 Å². The van der Waals surface area contributed by atoms with Gasteiger partial charge in [-0.05, 0) is 32.4 Å². The maximum Gasteiger partial charge on any atom is 0.248 e. The number of benzene rings is 1. The first-order valence-electron chi connectivity index (χ1n) is 7.20. The highest BCUT2D eigenvalue weighted by atomic mass is 32.2. The average molecular weight is 328 g/mol. The van der Waals surface area contributed by atoms with Crippen LogP contribution in [-0.4, -0.2) is 21.6 Å². The van der Waals surface area contributed by atoms with Crippen LogP contribution in [-0.2, 0) is 4.79 Å². The Morgan fingerprint density at radius 2 is 1.70 bits per heavy atom. The van der Waals surface area contributed by atoms with Crippen LogP contribution in [0.15, 0.2) is 42.1 Å².